The third kappa shape index (κ3) is 5.28. The first-order valence-electron chi connectivity index (χ1n) is 11.7. The SMILES string of the molecule is C=CCc1cc(/C=C2/SC(=O)N(C(C)C)C2=O)cc(OCC)c1OCc1cccc2ccccc12. The number of hydrogen-bond donors (Lipinski definition) is 0. The first-order chi connectivity index (χ1) is 16.9. The highest BCUT2D eigenvalue weighted by Crippen LogP contribution is 2.38. The van der Waals surface area contributed by atoms with E-state index in [9.17, 15) is 9.59 Å². The number of thioether (sulfide) groups is 1. The monoisotopic (exact) mass is 487 g/mol. The molecule has 6 heteroatoms. The first kappa shape index (κ1) is 24.6. The number of benzene rings is 3. The van der Waals surface area contributed by atoms with Crippen molar-refractivity contribution in [1.82, 2.24) is 4.90 Å². The minimum absolute atomic E-state index is 0.187. The lowest BCUT2D eigenvalue weighted by molar-refractivity contribution is -0.123. The molecule has 0 N–H and O–H groups in total. The van der Waals surface area contributed by atoms with Gasteiger partial charge in [-0.2, -0.15) is 0 Å². The summed E-state index contributed by atoms with van der Waals surface area (Å²) in [6.45, 7) is 10.3. The molecule has 1 heterocycles. The van der Waals surface area contributed by atoms with Gasteiger partial charge < -0.3 is 9.47 Å². The van der Waals surface area contributed by atoms with Gasteiger partial charge in [0.15, 0.2) is 11.5 Å². The van der Waals surface area contributed by atoms with E-state index in [0.29, 0.717) is 36.0 Å². The highest BCUT2D eigenvalue weighted by molar-refractivity contribution is 8.18. The second-order valence-electron chi connectivity index (χ2n) is 8.51. The van der Waals surface area contributed by atoms with E-state index in [1.54, 1.807) is 6.08 Å². The summed E-state index contributed by atoms with van der Waals surface area (Å²) in [5.74, 6) is 0.989. The number of amides is 2. The quantitative estimate of drug-likeness (QED) is 0.240. The molecule has 1 aliphatic heterocycles. The van der Waals surface area contributed by atoms with Crippen LogP contribution in [0.4, 0.5) is 4.79 Å². The van der Waals surface area contributed by atoms with Crippen LogP contribution in [0.1, 0.15) is 37.5 Å². The molecule has 0 aliphatic carbocycles. The molecule has 1 aliphatic rings. The topological polar surface area (TPSA) is 55.8 Å². The Hall–Kier alpha value is -3.51. The summed E-state index contributed by atoms with van der Waals surface area (Å²) in [5, 5.41) is 2.06. The van der Waals surface area contributed by atoms with Gasteiger partial charge in [-0.25, -0.2) is 0 Å². The number of carbonyl (C=O) groups is 2. The number of rotatable bonds is 9. The molecule has 0 unspecified atom stereocenters. The molecule has 0 saturated carbocycles. The Labute approximate surface area is 210 Å². The van der Waals surface area contributed by atoms with E-state index in [1.807, 2.05) is 57.2 Å². The third-order valence-electron chi connectivity index (χ3n) is 5.71. The molecule has 4 rings (SSSR count). The summed E-state index contributed by atoms with van der Waals surface area (Å²) in [6.07, 6.45) is 4.13. The van der Waals surface area contributed by atoms with Crippen molar-refractivity contribution >= 4 is 39.8 Å². The Kier molecular flexibility index (Phi) is 7.61. The van der Waals surface area contributed by atoms with Crippen molar-refractivity contribution in [2.24, 2.45) is 0 Å². The molecule has 0 spiro atoms. The number of imide groups is 1. The highest BCUT2D eigenvalue weighted by atomic mass is 32.2. The summed E-state index contributed by atoms with van der Waals surface area (Å²) in [7, 11) is 0. The average Bonchev–Trinajstić information content (AvgIpc) is 3.11. The third-order valence-corrected chi connectivity index (χ3v) is 6.59. The predicted octanol–water partition coefficient (Wildman–Crippen LogP) is 6.99. The van der Waals surface area contributed by atoms with Gasteiger partial charge in [0, 0.05) is 11.6 Å². The Morgan fingerprint density at radius 2 is 1.80 bits per heavy atom. The van der Waals surface area contributed by atoms with E-state index in [4.69, 9.17) is 9.47 Å². The minimum atomic E-state index is -0.269. The molecule has 2 amide bonds. The summed E-state index contributed by atoms with van der Waals surface area (Å²) in [4.78, 5) is 26.7. The molecule has 5 nitrogen and oxygen atoms in total. The van der Waals surface area contributed by atoms with Crippen LogP contribution in [0, 0.1) is 0 Å². The van der Waals surface area contributed by atoms with E-state index in [0.717, 1.165) is 39.2 Å². The zero-order valence-corrected chi connectivity index (χ0v) is 21.1. The van der Waals surface area contributed by atoms with Crippen LogP contribution in [0.5, 0.6) is 11.5 Å². The fourth-order valence-corrected chi connectivity index (χ4v) is 5.11. The summed E-state index contributed by atoms with van der Waals surface area (Å²) in [6, 6.07) is 18.0. The second kappa shape index (κ2) is 10.8. The Bertz CT molecular complexity index is 1310. The summed E-state index contributed by atoms with van der Waals surface area (Å²) >= 11 is 0.963. The van der Waals surface area contributed by atoms with Crippen molar-refractivity contribution in [2.45, 2.75) is 39.8 Å². The Morgan fingerprint density at radius 1 is 1.03 bits per heavy atom. The van der Waals surface area contributed by atoms with Gasteiger partial charge >= 0.3 is 0 Å². The second-order valence-corrected chi connectivity index (χ2v) is 9.50. The van der Waals surface area contributed by atoms with E-state index in [-0.39, 0.29) is 17.2 Å². The average molecular weight is 488 g/mol. The van der Waals surface area contributed by atoms with Gasteiger partial charge in [-0.05, 0) is 79.1 Å². The first-order valence-corrected chi connectivity index (χ1v) is 12.5. The van der Waals surface area contributed by atoms with Crippen LogP contribution in [0.3, 0.4) is 0 Å². The van der Waals surface area contributed by atoms with Gasteiger partial charge in [-0.15, -0.1) is 6.58 Å². The molecule has 1 fully saturated rings. The maximum atomic E-state index is 12.8. The number of allylic oxidation sites excluding steroid dienone is 1. The van der Waals surface area contributed by atoms with Gasteiger partial charge in [0.05, 0.1) is 11.5 Å². The fraction of sp³-hybridized carbons (Fsp3) is 0.241. The van der Waals surface area contributed by atoms with Gasteiger partial charge in [-0.1, -0.05) is 48.5 Å². The van der Waals surface area contributed by atoms with Crippen molar-refractivity contribution in [3.63, 3.8) is 0 Å². The molecule has 3 aromatic rings. The zero-order chi connectivity index (χ0) is 24.9. The fourth-order valence-electron chi connectivity index (χ4n) is 4.15. The lowest BCUT2D eigenvalue weighted by atomic mass is 10.0. The maximum Gasteiger partial charge on any atom is 0.293 e. The standard InChI is InChI=1S/C29H29NO4S/c1-5-10-22-15-20(17-26-28(31)30(19(3)4)29(32)35-26)16-25(33-6-2)27(22)34-18-23-13-9-12-21-11-7-8-14-24(21)23/h5,7-9,11-17,19H,1,6,10,18H2,2-4H3/b26-17+. The van der Waals surface area contributed by atoms with E-state index in [1.165, 1.54) is 4.90 Å². The van der Waals surface area contributed by atoms with Crippen LogP contribution in [-0.2, 0) is 17.8 Å². The van der Waals surface area contributed by atoms with Crippen LogP contribution in [0.15, 0.2) is 72.2 Å². The molecule has 35 heavy (non-hydrogen) atoms. The number of ether oxygens (including phenoxy) is 2. The van der Waals surface area contributed by atoms with Gasteiger partial charge in [-0.3, -0.25) is 14.5 Å². The summed E-state index contributed by atoms with van der Waals surface area (Å²) < 4.78 is 12.3. The van der Waals surface area contributed by atoms with Crippen LogP contribution >= 0.6 is 11.8 Å². The molecule has 180 valence electrons. The van der Waals surface area contributed by atoms with Crippen molar-refractivity contribution in [2.75, 3.05) is 6.61 Å². The van der Waals surface area contributed by atoms with Crippen molar-refractivity contribution in [3.8, 4) is 11.5 Å². The zero-order valence-electron chi connectivity index (χ0n) is 20.2. The maximum absolute atomic E-state index is 12.8. The molecule has 0 bridgehead atoms. The molecule has 0 radical (unpaired) electrons. The highest BCUT2D eigenvalue weighted by Gasteiger charge is 2.36. The van der Waals surface area contributed by atoms with Gasteiger partial charge in [0.1, 0.15) is 6.61 Å². The molecular weight excluding hydrogens is 458 g/mol. The van der Waals surface area contributed by atoms with Gasteiger partial charge in [0.25, 0.3) is 11.1 Å². The molecule has 0 atom stereocenters. The lowest BCUT2D eigenvalue weighted by Crippen LogP contribution is -2.34. The van der Waals surface area contributed by atoms with Crippen LogP contribution in [-0.4, -0.2) is 28.7 Å². The Balaban J connectivity index is 1.69. The largest absolute Gasteiger partial charge is 0.490 e. The van der Waals surface area contributed by atoms with Crippen LogP contribution in [0.25, 0.3) is 16.8 Å². The minimum Gasteiger partial charge on any atom is -0.490 e. The number of nitrogens with zero attached hydrogens (tertiary/aromatic N) is 1. The normalized spacial score (nSPS) is 14.9. The molecule has 1 saturated heterocycles. The van der Waals surface area contributed by atoms with Crippen LogP contribution < -0.4 is 9.47 Å². The van der Waals surface area contributed by atoms with E-state index in [2.05, 4.69) is 30.8 Å². The number of carbonyl (C=O) groups excluding carboxylic acids is 2. The van der Waals surface area contributed by atoms with E-state index >= 15 is 0 Å². The lowest BCUT2D eigenvalue weighted by Gasteiger charge is -2.18. The molecule has 3 aromatic carbocycles. The predicted molar refractivity (Wildman–Crippen MR) is 143 cm³/mol. The van der Waals surface area contributed by atoms with Crippen LogP contribution in [0.2, 0.25) is 0 Å². The van der Waals surface area contributed by atoms with Crippen molar-refractivity contribution < 1.29 is 19.1 Å². The Morgan fingerprint density at radius 3 is 2.51 bits per heavy atom. The number of fused-ring (bicyclic) bond motifs is 1. The smallest absolute Gasteiger partial charge is 0.293 e. The summed E-state index contributed by atoms with van der Waals surface area (Å²) in [5.41, 5.74) is 2.76. The van der Waals surface area contributed by atoms with Crippen molar-refractivity contribution in [1.29, 1.82) is 0 Å². The van der Waals surface area contributed by atoms with Gasteiger partial charge in [0.2, 0.25) is 0 Å². The van der Waals surface area contributed by atoms with Crippen molar-refractivity contribution in [3.05, 3.63) is 88.8 Å². The molecular formula is C29H29NO4S. The number of hydrogen-bond acceptors (Lipinski definition) is 5. The van der Waals surface area contributed by atoms with E-state index < -0.39 is 0 Å². The molecule has 0 aromatic heterocycles.